The summed E-state index contributed by atoms with van der Waals surface area (Å²) in [5.74, 6) is 0.537. The smallest absolute Gasteiger partial charge is 0.266 e. The average molecular weight is 476 g/mol. The van der Waals surface area contributed by atoms with E-state index in [0.29, 0.717) is 12.5 Å². The Bertz CT molecular complexity index is 1120. The van der Waals surface area contributed by atoms with Gasteiger partial charge in [0, 0.05) is 24.3 Å². The largest absolute Gasteiger partial charge is 0.366 e. The molecule has 0 aliphatic carbocycles. The third-order valence-electron chi connectivity index (χ3n) is 6.82. The van der Waals surface area contributed by atoms with Crippen molar-refractivity contribution in [1.82, 2.24) is 4.90 Å². The van der Waals surface area contributed by atoms with Crippen LogP contribution in [0.25, 0.3) is 6.08 Å². The van der Waals surface area contributed by atoms with E-state index in [1.165, 1.54) is 28.6 Å². The summed E-state index contributed by atoms with van der Waals surface area (Å²) in [4.78, 5) is 23.3. The molecule has 0 bridgehead atoms. The van der Waals surface area contributed by atoms with Gasteiger partial charge in [-0.2, -0.15) is 0 Å². The monoisotopic (exact) mass is 475 g/mol. The lowest BCUT2D eigenvalue weighted by Crippen LogP contribution is -2.48. The minimum absolute atomic E-state index is 0.0560. The van der Waals surface area contributed by atoms with E-state index < -0.39 is 0 Å². The van der Waals surface area contributed by atoms with Crippen molar-refractivity contribution in [3.63, 3.8) is 0 Å². The predicted octanol–water partition coefficient (Wildman–Crippen LogP) is 7.51. The molecule has 0 saturated carbocycles. The fraction of sp³-hybridized carbons (Fsp3) is 0.448. The molecule has 4 nitrogen and oxygen atoms in total. The third-order valence-corrected chi connectivity index (χ3v) is 7.83. The second-order valence-corrected chi connectivity index (χ2v) is 11.1. The van der Waals surface area contributed by atoms with E-state index in [1.54, 1.807) is 0 Å². The Kier molecular flexibility index (Phi) is 7.22. The van der Waals surface area contributed by atoms with Crippen LogP contribution in [0.4, 0.5) is 11.4 Å². The maximum Gasteiger partial charge on any atom is 0.266 e. The zero-order valence-electron chi connectivity index (χ0n) is 21.4. The SMILES string of the molecule is CCCN1C(=O)/C(=C\c2cc3c(cc2C)N(CCC)C(C)(C)CC3C)SC1=Nc1ccccc1. The maximum atomic E-state index is 13.3. The second kappa shape index (κ2) is 9.99. The van der Waals surface area contributed by atoms with E-state index in [1.807, 2.05) is 35.2 Å². The van der Waals surface area contributed by atoms with Gasteiger partial charge in [0.2, 0.25) is 0 Å². The van der Waals surface area contributed by atoms with Gasteiger partial charge in [0.05, 0.1) is 10.6 Å². The zero-order chi connectivity index (χ0) is 24.5. The van der Waals surface area contributed by atoms with Gasteiger partial charge >= 0.3 is 0 Å². The molecule has 1 unspecified atom stereocenters. The Morgan fingerprint density at radius 2 is 1.82 bits per heavy atom. The molecular weight excluding hydrogens is 438 g/mol. The predicted molar refractivity (Wildman–Crippen MR) is 147 cm³/mol. The van der Waals surface area contributed by atoms with Crippen molar-refractivity contribution < 1.29 is 4.79 Å². The first-order valence-electron chi connectivity index (χ1n) is 12.5. The Labute approximate surface area is 209 Å². The highest BCUT2D eigenvalue weighted by atomic mass is 32.2. The molecule has 180 valence electrons. The molecule has 1 fully saturated rings. The van der Waals surface area contributed by atoms with Crippen LogP contribution in [0.1, 0.15) is 76.5 Å². The lowest BCUT2D eigenvalue weighted by molar-refractivity contribution is -0.122. The maximum absolute atomic E-state index is 13.3. The van der Waals surface area contributed by atoms with Crippen molar-refractivity contribution in [3.8, 4) is 0 Å². The number of para-hydroxylation sites is 1. The summed E-state index contributed by atoms with van der Waals surface area (Å²) >= 11 is 1.49. The van der Waals surface area contributed by atoms with Gasteiger partial charge in [0.15, 0.2) is 5.17 Å². The molecule has 4 rings (SSSR count). The van der Waals surface area contributed by atoms with E-state index in [0.717, 1.165) is 47.1 Å². The fourth-order valence-electron chi connectivity index (χ4n) is 5.22. The molecule has 0 aromatic heterocycles. The number of nitrogens with zero attached hydrogens (tertiary/aromatic N) is 3. The van der Waals surface area contributed by atoms with Crippen molar-refractivity contribution in [2.45, 2.75) is 72.3 Å². The van der Waals surface area contributed by atoms with E-state index in [-0.39, 0.29) is 11.4 Å². The number of anilines is 1. The van der Waals surface area contributed by atoms with Crippen LogP contribution in [0.2, 0.25) is 0 Å². The van der Waals surface area contributed by atoms with Crippen LogP contribution in [0.15, 0.2) is 52.4 Å². The topological polar surface area (TPSA) is 35.9 Å². The molecule has 0 spiro atoms. The quantitative estimate of drug-likeness (QED) is 0.406. The first-order chi connectivity index (χ1) is 16.2. The summed E-state index contributed by atoms with van der Waals surface area (Å²) in [6.07, 6.45) is 5.23. The molecule has 0 N–H and O–H groups in total. The fourth-order valence-corrected chi connectivity index (χ4v) is 6.24. The van der Waals surface area contributed by atoms with Crippen LogP contribution in [0, 0.1) is 6.92 Å². The first kappa shape index (κ1) is 24.6. The number of benzene rings is 2. The van der Waals surface area contributed by atoms with Crippen molar-refractivity contribution in [3.05, 3.63) is 64.1 Å². The van der Waals surface area contributed by atoms with Gasteiger partial charge in [-0.1, -0.05) is 39.0 Å². The number of amides is 1. The van der Waals surface area contributed by atoms with Crippen LogP contribution in [-0.2, 0) is 4.79 Å². The Morgan fingerprint density at radius 1 is 1.12 bits per heavy atom. The number of hydrogen-bond acceptors (Lipinski definition) is 4. The van der Waals surface area contributed by atoms with E-state index in [4.69, 9.17) is 4.99 Å². The first-order valence-corrected chi connectivity index (χ1v) is 13.3. The molecule has 0 radical (unpaired) electrons. The van der Waals surface area contributed by atoms with Gasteiger partial charge in [0.25, 0.3) is 5.91 Å². The summed E-state index contributed by atoms with van der Waals surface area (Å²) in [5.41, 5.74) is 6.11. The molecule has 1 atom stereocenters. The number of carbonyl (C=O) groups excluding carboxylic acids is 1. The number of fused-ring (bicyclic) bond motifs is 1. The van der Waals surface area contributed by atoms with Crippen LogP contribution >= 0.6 is 11.8 Å². The van der Waals surface area contributed by atoms with Gasteiger partial charge in [-0.05, 0) is 105 Å². The molecular formula is C29H37N3OS. The molecule has 2 aliphatic rings. The molecule has 1 saturated heterocycles. The van der Waals surface area contributed by atoms with Crippen LogP contribution in [-0.4, -0.2) is 34.6 Å². The lowest BCUT2D eigenvalue weighted by Gasteiger charge is -2.48. The molecule has 34 heavy (non-hydrogen) atoms. The Hall–Kier alpha value is -2.53. The minimum atomic E-state index is 0.0560. The standard InChI is InChI=1S/C29H37N3OS/c1-7-14-31-27(33)26(34-28(31)30-23-12-10-9-11-13-23)18-22-17-24-21(4)19-29(5,6)32(15-8-2)25(24)16-20(22)3/h9-13,16-18,21H,7-8,14-15,19H2,1-6H3/b26-18+,30-28?. The Balaban J connectivity index is 1.72. The highest BCUT2D eigenvalue weighted by Crippen LogP contribution is 2.45. The van der Waals surface area contributed by atoms with Crippen LogP contribution in [0.5, 0.6) is 0 Å². The zero-order valence-corrected chi connectivity index (χ0v) is 22.2. The Morgan fingerprint density at radius 3 is 2.50 bits per heavy atom. The minimum Gasteiger partial charge on any atom is -0.366 e. The summed E-state index contributed by atoms with van der Waals surface area (Å²) in [6, 6.07) is 14.5. The van der Waals surface area contributed by atoms with E-state index >= 15 is 0 Å². The molecule has 5 heteroatoms. The number of rotatable bonds is 6. The van der Waals surface area contributed by atoms with Crippen molar-refractivity contribution in [1.29, 1.82) is 0 Å². The van der Waals surface area contributed by atoms with Crippen molar-refractivity contribution in [2.24, 2.45) is 4.99 Å². The van der Waals surface area contributed by atoms with Gasteiger partial charge in [0.1, 0.15) is 0 Å². The van der Waals surface area contributed by atoms with Crippen molar-refractivity contribution >= 4 is 40.3 Å². The summed E-state index contributed by atoms with van der Waals surface area (Å²) in [6.45, 7) is 15.3. The number of aryl methyl sites for hydroxylation is 1. The number of carbonyl (C=O) groups is 1. The average Bonchev–Trinajstić information content (AvgIpc) is 3.07. The molecule has 2 aliphatic heterocycles. The third kappa shape index (κ3) is 4.81. The van der Waals surface area contributed by atoms with E-state index in [2.05, 4.69) is 64.7 Å². The molecule has 2 aromatic rings. The van der Waals surface area contributed by atoms with Crippen molar-refractivity contribution in [2.75, 3.05) is 18.0 Å². The highest BCUT2D eigenvalue weighted by Gasteiger charge is 2.37. The summed E-state index contributed by atoms with van der Waals surface area (Å²) in [5, 5.41) is 0.768. The number of hydrogen-bond donors (Lipinski definition) is 0. The summed E-state index contributed by atoms with van der Waals surface area (Å²) < 4.78 is 0. The second-order valence-electron chi connectivity index (χ2n) is 10.1. The highest BCUT2D eigenvalue weighted by molar-refractivity contribution is 8.18. The number of amidine groups is 1. The lowest BCUT2D eigenvalue weighted by atomic mass is 9.79. The molecule has 1 amide bonds. The van der Waals surface area contributed by atoms with Gasteiger partial charge in [-0.3, -0.25) is 9.69 Å². The van der Waals surface area contributed by atoms with Gasteiger partial charge < -0.3 is 4.90 Å². The normalized spacial score (nSPS) is 22.1. The molecule has 2 aromatic carbocycles. The number of aliphatic imine (C=N–C) groups is 1. The summed E-state index contributed by atoms with van der Waals surface area (Å²) in [7, 11) is 0. The van der Waals surface area contributed by atoms with Gasteiger partial charge in [-0.25, -0.2) is 4.99 Å². The van der Waals surface area contributed by atoms with Crippen LogP contribution < -0.4 is 4.90 Å². The van der Waals surface area contributed by atoms with Crippen LogP contribution in [0.3, 0.4) is 0 Å². The number of thioether (sulfide) groups is 1. The van der Waals surface area contributed by atoms with Gasteiger partial charge in [-0.15, -0.1) is 0 Å². The van der Waals surface area contributed by atoms with E-state index in [9.17, 15) is 4.79 Å². The molecule has 2 heterocycles.